The van der Waals surface area contributed by atoms with Crippen molar-refractivity contribution in [1.29, 1.82) is 5.26 Å². The van der Waals surface area contributed by atoms with Crippen molar-refractivity contribution in [3.63, 3.8) is 0 Å². The molecule has 4 heterocycles. The number of likely N-dealkylation sites (tertiary alicyclic amines) is 1. The Morgan fingerprint density at radius 2 is 1.89 bits per heavy atom. The third-order valence-corrected chi connectivity index (χ3v) is 6.97. The SMILES string of the molecule is CC(c1cccc(Cn2cc(-c3cc(N)nc(-c4cccc(C#N)c4)c3)nn2)n1)N1CCC(C(=O)O)CC1. The number of carboxylic acid groups (broad SMARTS) is 1. The van der Waals surface area contributed by atoms with Crippen molar-refractivity contribution in [3.8, 4) is 28.6 Å². The van der Waals surface area contributed by atoms with E-state index in [1.807, 2.05) is 42.6 Å². The summed E-state index contributed by atoms with van der Waals surface area (Å²) in [6.45, 7) is 4.05. The van der Waals surface area contributed by atoms with Gasteiger partial charge in [0.2, 0.25) is 0 Å². The fourth-order valence-electron chi connectivity index (χ4n) is 4.81. The van der Waals surface area contributed by atoms with Gasteiger partial charge in [-0.2, -0.15) is 5.26 Å². The van der Waals surface area contributed by atoms with Crippen LogP contribution in [0.25, 0.3) is 22.5 Å². The average Bonchev–Trinajstić information content (AvgIpc) is 3.41. The van der Waals surface area contributed by atoms with E-state index in [1.165, 1.54) is 0 Å². The minimum Gasteiger partial charge on any atom is -0.481 e. The maximum absolute atomic E-state index is 11.3. The highest BCUT2D eigenvalue weighted by molar-refractivity contribution is 5.72. The molecule has 192 valence electrons. The van der Waals surface area contributed by atoms with E-state index >= 15 is 0 Å². The summed E-state index contributed by atoms with van der Waals surface area (Å²) in [4.78, 5) is 22.8. The molecule has 10 nitrogen and oxygen atoms in total. The molecule has 0 spiro atoms. The van der Waals surface area contributed by atoms with Gasteiger partial charge in [-0.15, -0.1) is 5.10 Å². The number of piperidine rings is 1. The van der Waals surface area contributed by atoms with Gasteiger partial charge in [-0.3, -0.25) is 14.7 Å². The monoisotopic (exact) mass is 508 g/mol. The van der Waals surface area contributed by atoms with Gasteiger partial charge in [-0.1, -0.05) is 23.4 Å². The lowest BCUT2D eigenvalue weighted by molar-refractivity contribution is -0.143. The number of aromatic nitrogens is 5. The van der Waals surface area contributed by atoms with Crippen molar-refractivity contribution in [2.75, 3.05) is 18.8 Å². The molecule has 0 bridgehead atoms. The van der Waals surface area contributed by atoms with Gasteiger partial charge in [0.15, 0.2) is 0 Å². The molecule has 5 rings (SSSR count). The number of nitrogens with zero attached hydrogens (tertiary/aromatic N) is 7. The number of nitrogen functional groups attached to an aromatic ring is 1. The summed E-state index contributed by atoms with van der Waals surface area (Å²) >= 11 is 0. The number of carbonyl (C=O) groups is 1. The van der Waals surface area contributed by atoms with Gasteiger partial charge in [0, 0.05) is 17.2 Å². The summed E-state index contributed by atoms with van der Waals surface area (Å²) < 4.78 is 1.73. The van der Waals surface area contributed by atoms with E-state index in [4.69, 9.17) is 10.7 Å². The van der Waals surface area contributed by atoms with Crippen LogP contribution in [0.1, 0.15) is 42.8 Å². The van der Waals surface area contributed by atoms with E-state index in [0.29, 0.717) is 42.2 Å². The van der Waals surface area contributed by atoms with E-state index in [1.54, 1.807) is 22.9 Å². The summed E-state index contributed by atoms with van der Waals surface area (Å²) in [5.41, 5.74) is 11.3. The van der Waals surface area contributed by atoms with Crippen molar-refractivity contribution < 1.29 is 9.90 Å². The van der Waals surface area contributed by atoms with E-state index in [2.05, 4.69) is 33.2 Å². The van der Waals surface area contributed by atoms with Gasteiger partial charge in [0.1, 0.15) is 11.5 Å². The van der Waals surface area contributed by atoms with Gasteiger partial charge < -0.3 is 10.8 Å². The van der Waals surface area contributed by atoms with Crippen LogP contribution in [0, 0.1) is 17.2 Å². The summed E-state index contributed by atoms with van der Waals surface area (Å²) in [5, 5.41) is 27.1. The summed E-state index contributed by atoms with van der Waals surface area (Å²) in [7, 11) is 0. The van der Waals surface area contributed by atoms with Crippen LogP contribution in [0.3, 0.4) is 0 Å². The van der Waals surface area contributed by atoms with Crippen LogP contribution in [0.15, 0.2) is 60.8 Å². The molecule has 0 radical (unpaired) electrons. The molecule has 1 aromatic carbocycles. The fraction of sp³-hybridized carbons (Fsp3) is 0.286. The van der Waals surface area contributed by atoms with Crippen LogP contribution in [-0.4, -0.2) is 54.0 Å². The molecule has 38 heavy (non-hydrogen) atoms. The molecule has 0 aliphatic carbocycles. The number of hydrogen-bond donors (Lipinski definition) is 2. The second kappa shape index (κ2) is 10.8. The second-order valence-corrected chi connectivity index (χ2v) is 9.54. The van der Waals surface area contributed by atoms with Gasteiger partial charge in [-0.05, 0) is 69.3 Å². The van der Waals surface area contributed by atoms with Crippen LogP contribution in [0.5, 0.6) is 0 Å². The van der Waals surface area contributed by atoms with Crippen LogP contribution in [-0.2, 0) is 11.3 Å². The molecule has 10 heteroatoms. The Labute approximate surface area is 220 Å². The van der Waals surface area contributed by atoms with Crippen molar-refractivity contribution in [2.24, 2.45) is 5.92 Å². The lowest BCUT2D eigenvalue weighted by Crippen LogP contribution is -2.38. The van der Waals surface area contributed by atoms with E-state index < -0.39 is 5.97 Å². The van der Waals surface area contributed by atoms with Crippen molar-refractivity contribution in [1.82, 2.24) is 29.9 Å². The fourth-order valence-corrected chi connectivity index (χ4v) is 4.81. The Bertz CT molecular complexity index is 1500. The number of carboxylic acids is 1. The number of nitriles is 1. The van der Waals surface area contributed by atoms with Gasteiger partial charge in [0.05, 0.1) is 47.4 Å². The molecule has 1 unspecified atom stereocenters. The third kappa shape index (κ3) is 5.53. The molecule has 1 saturated heterocycles. The van der Waals surface area contributed by atoms with Crippen molar-refractivity contribution in [2.45, 2.75) is 32.4 Å². The molecule has 1 aliphatic rings. The van der Waals surface area contributed by atoms with E-state index in [9.17, 15) is 15.2 Å². The first-order valence-corrected chi connectivity index (χ1v) is 12.5. The number of pyridine rings is 2. The Balaban J connectivity index is 1.31. The molecular formula is C28H28N8O2. The average molecular weight is 509 g/mol. The number of rotatable bonds is 7. The Hall–Kier alpha value is -4.62. The third-order valence-electron chi connectivity index (χ3n) is 6.97. The first-order valence-electron chi connectivity index (χ1n) is 12.5. The molecule has 0 saturated carbocycles. The first kappa shape index (κ1) is 25.0. The predicted octanol–water partition coefficient (Wildman–Crippen LogP) is 3.76. The normalized spacial score (nSPS) is 15.2. The van der Waals surface area contributed by atoms with Gasteiger partial charge in [-0.25, -0.2) is 9.67 Å². The molecule has 0 amide bonds. The maximum atomic E-state index is 11.3. The van der Waals surface area contributed by atoms with E-state index in [0.717, 1.165) is 35.6 Å². The quantitative estimate of drug-likeness (QED) is 0.381. The minimum absolute atomic E-state index is 0.0914. The van der Waals surface area contributed by atoms with E-state index in [-0.39, 0.29) is 12.0 Å². The van der Waals surface area contributed by atoms with Crippen LogP contribution >= 0.6 is 0 Å². The smallest absolute Gasteiger partial charge is 0.306 e. The molecular weight excluding hydrogens is 480 g/mol. The maximum Gasteiger partial charge on any atom is 0.306 e. The van der Waals surface area contributed by atoms with Crippen molar-refractivity contribution >= 4 is 11.8 Å². The topological polar surface area (TPSA) is 147 Å². The number of benzene rings is 1. The first-order chi connectivity index (χ1) is 18.4. The highest BCUT2D eigenvalue weighted by Gasteiger charge is 2.27. The van der Waals surface area contributed by atoms with Crippen LogP contribution in [0.4, 0.5) is 5.82 Å². The second-order valence-electron chi connectivity index (χ2n) is 9.54. The Morgan fingerprint density at radius 1 is 1.11 bits per heavy atom. The Morgan fingerprint density at radius 3 is 2.66 bits per heavy atom. The summed E-state index contributed by atoms with van der Waals surface area (Å²) in [5.74, 6) is -0.609. The molecule has 1 aliphatic heterocycles. The number of hydrogen-bond acceptors (Lipinski definition) is 8. The lowest BCUT2D eigenvalue weighted by Gasteiger charge is -2.34. The highest BCUT2D eigenvalue weighted by atomic mass is 16.4. The zero-order valence-electron chi connectivity index (χ0n) is 21.0. The number of nitrogens with two attached hydrogens (primary N) is 1. The lowest BCUT2D eigenvalue weighted by atomic mass is 9.95. The molecule has 1 fully saturated rings. The minimum atomic E-state index is -0.705. The highest BCUT2D eigenvalue weighted by Crippen LogP contribution is 2.28. The summed E-state index contributed by atoms with van der Waals surface area (Å²) in [6.07, 6.45) is 3.16. The number of aliphatic carboxylic acids is 1. The number of anilines is 1. The zero-order valence-corrected chi connectivity index (χ0v) is 21.0. The predicted molar refractivity (Wildman–Crippen MR) is 142 cm³/mol. The largest absolute Gasteiger partial charge is 0.481 e. The molecule has 3 N–H and O–H groups in total. The van der Waals surface area contributed by atoms with Crippen LogP contribution in [0.2, 0.25) is 0 Å². The molecule has 1 atom stereocenters. The van der Waals surface area contributed by atoms with Gasteiger partial charge >= 0.3 is 5.97 Å². The zero-order chi connectivity index (χ0) is 26.6. The molecule has 4 aromatic rings. The van der Waals surface area contributed by atoms with Crippen LogP contribution < -0.4 is 5.73 Å². The molecule has 3 aromatic heterocycles. The van der Waals surface area contributed by atoms with Gasteiger partial charge in [0.25, 0.3) is 0 Å². The summed E-state index contributed by atoms with van der Waals surface area (Å²) in [6, 6.07) is 19.0. The van der Waals surface area contributed by atoms with Crippen molar-refractivity contribution in [3.05, 3.63) is 77.7 Å². The standard InChI is InChI=1S/C28H28N8O2/c1-18(35-10-8-20(9-11-35)28(37)38)24-7-3-6-23(31-24)16-36-17-26(33-34-36)22-13-25(32-27(30)14-22)21-5-2-4-19(12-21)15-29/h2-7,12-14,17-18,20H,8-11,16H2,1H3,(H2,30,32)(H,37,38). The Kier molecular flexibility index (Phi) is 7.11.